The highest BCUT2D eigenvalue weighted by Crippen LogP contribution is 2.17. The zero-order chi connectivity index (χ0) is 16.8. The Hall–Kier alpha value is -1.65. The molecule has 0 unspecified atom stereocenters. The summed E-state index contributed by atoms with van der Waals surface area (Å²) in [5, 5.41) is 3.04. The van der Waals surface area contributed by atoms with Crippen molar-refractivity contribution in [2.45, 2.75) is 32.4 Å². The Bertz CT molecular complexity index is 696. The molecule has 0 saturated carbocycles. The predicted molar refractivity (Wildman–Crippen MR) is 101 cm³/mol. The second-order valence-corrected chi connectivity index (χ2v) is 7.21. The lowest BCUT2D eigenvalue weighted by molar-refractivity contribution is 0.0950. The maximum absolute atomic E-state index is 12.3. The lowest BCUT2D eigenvalue weighted by atomic mass is 10.0. The standard InChI is InChI=1S/C20H23BrN2O/c21-19-10-6-9-16(13-19)20(24)22-14-17-7-2-3-8-18(17)15-23-11-4-1-5-12-23/h2-3,6-10,13H,1,4-5,11-12,14-15H2,(H,22,24). The number of piperidine rings is 1. The van der Waals surface area contributed by atoms with Crippen molar-refractivity contribution >= 4 is 21.8 Å². The number of likely N-dealkylation sites (tertiary alicyclic amines) is 1. The van der Waals surface area contributed by atoms with E-state index in [-0.39, 0.29) is 5.91 Å². The Labute approximate surface area is 152 Å². The molecule has 1 aliphatic rings. The van der Waals surface area contributed by atoms with Crippen LogP contribution in [0.15, 0.2) is 53.0 Å². The molecule has 1 fully saturated rings. The van der Waals surface area contributed by atoms with Gasteiger partial charge in [0.15, 0.2) is 0 Å². The third-order valence-corrected chi connectivity index (χ3v) is 4.98. The van der Waals surface area contributed by atoms with E-state index in [4.69, 9.17) is 0 Å². The summed E-state index contributed by atoms with van der Waals surface area (Å²) in [6.45, 7) is 3.90. The Morgan fingerprint density at radius 3 is 2.50 bits per heavy atom. The van der Waals surface area contributed by atoms with Gasteiger partial charge in [-0.1, -0.05) is 52.7 Å². The molecular formula is C20H23BrN2O. The lowest BCUT2D eigenvalue weighted by Crippen LogP contribution is -2.30. The molecule has 0 aromatic heterocycles. The number of rotatable bonds is 5. The second kappa shape index (κ2) is 8.45. The highest BCUT2D eigenvalue weighted by molar-refractivity contribution is 9.10. The van der Waals surface area contributed by atoms with Crippen molar-refractivity contribution < 1.29 is 4.79 Å². The minimum atomic E-state index is -0.0379. The lowest BCUT2D eigenvalue weighted by Gasteiger charge is -2.27. The van der Waals surface area contributed by atoms with Crippen LogP contribution in [0.4, 0.5) is 0 Å². The smallest absolute Gasteiger partial charge is 0.251 e. The van der Waals surface area contributed by atoms with Crippen LogP contribution in [0.3, 0.4) is 0 Å². The van der Waals surface area contributed by atoms with Crippen molar-refractivity contribution in [3.63, 3.8) is 0 Å². The molecule has 4 heteroatoms. The van der Waals surface area contributed by atoms with Crippen LogP contribution in [0.1, 0.15) is 40.7 Å². The quantitative estimate of drug-likeness (QED) is 0.827. The van der Waals surface area contributed by atoms with E-state index in [2.05, 4.69) is 44.3 Å². The summed E-state index contributed by atoms with van der Waals surface area (Å²) in [5.41, 5.74) is 3.19. The average Bonchev–Trinajstić information content (AvgIpc) is 2.61. The molecule has 126 valence electrons. The first-order valence-corrected chi connectivity index (χ1v) is 9.34. The van der Waals surface area contributed by atoms with Crippen LogP contribution in [-0.2, 0) is 13.1 Å². The SMILES string of the molecule is O=C(NCc1ccccc1CN1CCCCC1)c1cccc(Br)c1. The zero-order valence-electron chi connectivity index (χ0n) is 13.8. The van der Waals surface area contributed by atoms with Crippen LogP contribution in [0.2, 0.25) is 0 Å². The van der Waals surface area contributed by atoms with Gasteiger partial charge in [-0.15, -0.1) is 0 Å². The second-order valence-electron chi connectivity index (χ2n) is 6.30. The predicted octanol–water partition coefficient (Wildman–Crippen LogP) is 4.37. The molecule has 3 nitrogen and oxygen atoms in total. The van der Waals surface area contributed by atoms with Crippen molar-refractivity contribution in [3.8, 4) is 0 Å². The van der Waals surface area contributed by atoms with E-state index in [1.807, 2.05) is 30.3 Å². The van der Waals surface area contributed by atoms with Crippen LogP contribution in [0.5, 0.6) is 0 Å². The topological polar surface area (TPSA) is 32.3 Å². The molecule has 1 amide bonds. The van der Waals surface area contributed by atoms with Gasteiger partial charge < -0.3 is 5.32 Å². The number of benzene rings is 2. The van der Waals surface area contributed by atoms with Gasteiger partial charge >= 0.3 is 0 Å². The Balaban J connectivity index is 1.63. The molecular weight excluding hydrogens is 364 g/mol. The zero-order valence-corrected chi connectivity index (χ0v) is 15.4. The van der Waals surface area contributed by atoms with Gasteiger partial charge in [0, 0.05) is 23.1 Å². The molecule has 1 heterocycles. The average molecular weight is 387 g/mol. The minimum Gasteiger partial charge on any atom is -0.348 e. The van der Waals surface area contributed by atoms with E-state index in [9.17, 15) is 4.79 Å². The van der Waals surface area contributed by atoms with Crippen molar-refractivity contribution in [2.24, 2.45) is 0 Å². The largest absolute Gasteiger partial charge is 0.348 e. The first kappa shape index (κ1) is 17.2. The first-order chi connectivity index (χ1) is 11.7. The molecule has 0 radical (unpaired) electrons. The van der Waals surface area contributed by atoms with Crippen LogP contribution < -0.4 is 5.32 Å². The number of carbonyl (C=O) groups excluding carboxylic acids is 1. The summed E-state index contributed by atoms with van der Waals surface area (Å²) in [7, 11) is 0. The van der Waals surface area contributed by atoms with E-state index in [1.54, 1.807) is 0 Å². The number of hydrogen-bond donors (Lipinski definition) is 1. The van der Waals surface area contributed by atoms with Crippen LogP contribution in [0.25, 0.3) is 0 Å². The number of nitrogens with zero attached hydrogens (tertiary/aromatic N) is 1. The molecule has 0 bridgehead atoms. The summed E-state index contributed by atoms with van der Waals surface area (Å²) in [6.07, 6.45) is 3.93. The molecule has 2 aromatic rings. The number of carbonyl (C=O) groups is 1. The summed E-state index contributed by atoms with van der Waals surface area (Å²) in [5.74, 6) is -0.0379. The maximum Gasteiger partial charge on any atom is 0.251 e. The molecule has 0 atom stereocenters. The Morgan fingerprint density at radius 2 is 1.75 bits per heavy atom. The molecule has 0 spiro atoms. The van der Waals surface area contributed by atoms with E-state index < -0.39 is 0 Å². The van der Waals surface area contributed by atoms with Crippen LogP contribution in [-0.4, -0.2) is 23.9 Å². The summed E-state index contributed by atoms with van der Waals surface area (Å²) < 4.78 is 0.917. The van der Waals surface area contributed by atoms with E-state index in [0.717, 1.165) is 11.0 Å². The highest BCUT2D eigenvalue weighted by atomic mass is 79.9. The number of hydrogen-bond acceptors (Lipinski definition) is 2. The van der Waals surface area contributed by atoms with E-state index in [1.165, 1.54) is 43.5 Å². The molecule has 2 aromatic carbocycles. The van der Waals surface area contributed by atoms with E-state index in [0.29, 0.717) is 12.1 Å². The van der Waals surface area contributed by atoms with Crippen molar-refractivity contribution in [1.29, 1.82) is 0 Å². The summed E-state index contributed by atoms with van der Waals surface area (Å²) in [4.78, 5) is 14.8. The fourth-order valence-corrected chi connectivity index (χ4v) is 3.55. The summed E-state index contributed by atoms with van der Waals surface area (Å²) in [6, 6.07) is 15.9. The van der Waals surface area contributed by atoms with Crippen molar-refractivity contribution in [2.75, 3.05) is 13.1 Å². The highest BCUT2D eigenvalue weighted by Gasteiger charge is 2.13. The van der Waals surface area contributed by atoms with Gasteiger partial charge in [-0.05, 0) is 55.3 Å². The fourth-order valence-electron chi connectivity index (χ4n) is 3.15. The van der Waals surface area contributed by atoms with Gasteiger partial charge in [0.25, 0.3) is 5.91 Å². The summed E-state index contributed by atoms with van der Waals surface area (Å²) >= 11 is 3.41. The van der Waals surface area contributed by atoms with Gasteiger partial charge in [-0.3, -0.25) is 9.69 Å². The number of halogens is 1. The monoisotopic (exact) mass is 386 g/mol. The van der Waals surface area contributed by atoms with Crippen molar-refractivity contribution in [1.82, 2.24) is 10.2 Å². The van der Waals surface area contributed by atoms with Crippen LogP contribution >= 0.6 is 15.9 Å². The molecule has 1 N–H and O–H groups in total. The maximum atomic E-state index is 12.3. The molecule has 3 rings (SSSR count). The van der Waals surface area contributed by atoms with Gasteiger partial charge in [0.1, 0.15) is 0 Å². The van der Waals surface area contributed by atoms with Crippen LogP contribution in [0, 0.1) is 0 Å². The minimum absolute atomic E-state index is 0.0379. The Kier molecular flexibility index (Phi) is 6.05. The normalized spacial score (nSPS) is 15.2. The number of amides is 1. The van der Waals surface area contributed by atoms with E-state index >= 15 is 0 Å². The third kappa shape index (κ3) is 4.68. The molecule has 0 aliphatic carbocycles. The molecule has 1 saturated heterocycles. The molecule has 24 heavy (non-hydrogen) atoms. The molecule has 1 aliphatic heterocycles. The number of nitrogens with one attached hydrogen (secondary N) is 1. The van der Waals surface area contributed by atoms with Gasteiger partial charge in [-0.25, -0.2) is 0 Å². The Morgan fingerprint density at radius 1 is 1.00 bits per heavy atom. The van der Waals surface area contributed by atoms with Gasteiger partial charge in [0.2, 0.25) is 0 Å². The van der Waals surface area contributed by atoms with Gasteiger partial charge in [0.05, 0.1) is 0 Å². The first-order valence-electron chi connectivity index (χ1n) is 8.55. The van der Waals surface area contributed by atoms with Crippen molar-refractivity contribution in [3.05, 3.63) is 69.7 Å². The fraction of sp³-hybridized carbons (Fsp3) is 0.350. The third-order valence-electron chi connectivity index (χ3n) is 4.49. The van der Waals surface area contributed by atoms with Gasteiger partial charge in [-0.2, -0.15) is 0 Å².